The minimum atomic E-state index is -0.370. The van der Waals surface area contributed by atoms with E-state index in [1.54, 1.807) is 11.0 Å². The van der Waals surface area contributed by atoms with Crippen LogP contribution in [0, 0.1) is 5.82 Å². The molecule has 4 heteroatoms. The molecular weight excluding hydrogens is 207 g/mol. The van der Waals surface area contributed by atoms with Gasteiger partial charge in [0, 0.05) is 25.6 Å². The summed E-state index contributed by atoms with van der Waals surface area (Å²) >= 11 is 0. The van der Waals surface area contributed by atoms with E-state index < -0.39 is 0 Å². The van der Waals surface area contributed by atoms with E-state index in [-0.39, 0.29) is 17.4 Å². The lowest BCUT2D eigenvalue weighted by molar-refractivity contribution is -0.129. The number of carbonyl (C=O) groups excluding carboxylic acids is 1. The van der Waals surface area contributed by atoms with Crippen molar-refractivity contribution in [1.29, 1.82) is 0 Å². The van der Waals surface area contributed by atoms with Gasteiger partial charge in [-0.3, -0.25) is 4.79 Å². The van der Waals surface area contributed by atoms with Gasteiger partial charge in [0.25, 0.3) is 0 Å². The maximum absolute atomic E-state index is 13.8. The molecule has 1 amide bonds. The summed E-state index contributed by atoms with van der Waals surface area (Å²) in [6.45, 7) is 2.53. The summed E-state index contributed by atoms with van der Waals surface area (Å²) in [7, 11) is 0. The Morgan fingerprint density at radius 2 is 2.25 bits per heavy atom. The van der Waals surface area contributed by atoms with Gasteiger partial charge in [-0.15, -0.1) is 0 Å². The minimum Gasteiger partial charge on any atom is -0.396 e. The molecule has 1 heterocycles. The lowest BCUT2D eigenvalue weighted by atomic mass is 10.0. The van der Waals surface area contributed by atoms with Crippen LogP contribution in [-0.2, 0) is 17.8 Å². The van der Waals surface area contributed by atoms with Crippen molar-refractivity contribution in [3.05, 3.63) is 29.1 Å². The summed E-state index contributed by atoms with van der Waals surface area (Å²) in [6.07, 6.45) is 1.67. The SMILES string of the molecule is CC(=O)N1CCCc2ccc(N)c(F)c2C1. The first kappa shape index (κ1) is 10.9. The topological polar surface area (TPSA) is 46.3 Å². The van der Waals surface area contributed by atoms with E-state index in [1.807, 2.05) is 6.07 Å². The van der Waals surface area contributed by atoms with Crippen molar-refractivity contribution < 1.29 is 9.18 Å². The van der Waals surface area contributed by atoms with Gasteiger partial charge in [-0.1, -0.05) is 6.07 Å². The zero-order valence-electron chi connectivity index (χ0n) is 9.29. The van der Waals surface area contributed by atoms with Crippen molar-refractivity contribution in [1.82, 2.24) is 4.90 Å². The van der Waals surface area contributed by atoms with Gasteiger partial charge in [-0.25, -0.2) is 4.39 Å². The molecule has 0 saturated heterocycles. The maximum Gasteiger partial charge on any atom is 0.219 e. The van der Waals surface area contributed by atoms with Gasteiger partial charge in [-0.05, 0) is 24.5 Å². The number of nitrogens with zero attached hydrogens (tertiary/aromatic N) is 1. The van der Waals surface area contributed by atoms with Gasteiger partial charge < -0.3 is 10.6 Å². The Hall–Kier alpha value is -1.58. The van der Waals surface area contributed by atoms with E-state index in [4.69, 9.17) is 5.73 Å². The molecule has 0 spiro atoms. The minimum absolute atomic E-state index is 0.0188. The lowest BCUT2D eigenvalue weighted by Crippen LogP contribution is -2.28. The molecule has 16 heavy (non-hydrogen) atoms. The third kappa shape index (κ3) is 1.87. The van der Waals surface area contributed by atoms with Gasteiger partial charge in [-0.2, -0.15) is 0 Å². The molecule has 86 valence electrons. The van der Waals surface area contributed by atoms with Crippen LogP contribution in [0.2, 0.25) is 0 Å². The molecule has 2 N–H and O–H groups in total. The average molecular weight is 222 g/mol. The second kappa shape index (κ2) is 4.12. The number of anilines is 1. The van der Waals surface area contributed by atoms with Crippen LogP contribution in [0.15, 0.2) is 12.1 Å². The van der Waals surface area contributed by atoms with Crippen molar-refractivity contribution in [2.24, 2.45) is 0 Å². The Morgan fingerprint density at radius 1 is 1.50 bits per heavy atom. The van der Waals surface area contributed by atoms with Crippen LogP contribution in [0.3, 0.4) is 0 Å². The molecule has 0 aromatic heterocycles. The molecular formula is C12H15FN2O. The van der Waals surface area contributed by atoms with Crippen LogP contribution in [0.1, 0.15) is 24.5 Å². The van der Waals surface area contributed by atoms with Gasteiger partial charge in [0.05, 0.1) is 5.69 Å². The summed E-state index contributed by atoms with van der Waals surface area (Å²) in [4.78, 5) is 13.0. The number of carbonyl (C=O) groups is 1. The molecule has 1 aromatic carbocycles. The number of hydrogen-bond acceptors (Lipinski definition) is 2. The van der Waals surface area contributed by atoms with E-state index >= 15 is 0 Å². The standard InChI is InChI=1S/C12H15FN2O/c1-8(16)15-6-2-3-9-4-5-11(14)12(13)10(9)7-15/h4-5H,2-3,6-7,14H2,1H3. The number of benzene rings is 1. The zero-order chi connectivity index (χ0) is 11.7. The molecule has 0 saturated carbocycles. The quantitative estimate of drug-likeness (QED) is 0.679. The highest BCUT2D eigenvalue weighted by atomic mass is 19.1. The van der Waals surface area contributed by atoms with Crippen LogP contribution in [-0.4, -0.2) is 17.4 Å². The Kier molecular flexibility index (Phi) is 2.81. The molecule has 0 atom stereocenters. The van der Waals surface area contributed by atoms with Crippen molar-refractivity contribution in [3.63, 3.8) is 0 Å². The highest BCUT2D eigenvalue weighted by Gasteiger charge is 2.20. The van der Waals surface area contributed by atoms with E-state index in [0.29, 0.717) is 18.7 Å². The lowest BCUT2D eigenvalue weighted by Gasteiger charge is -2.19. The first-order valence-electron chi connectivity index (χ1n) is 5.41. The first-order valence-corrected chi connectivity index (χ1v) is 5.41. The molecule has 1 aliphatic heterocycles. The molecule has 0 bridgehead atoms. The molecule has 0 radical (unpaired) electrons. The number of hydrogen-bond donors (Lipinski definition) is 1. The number of rotatable bonds is 0. The average Bonchev–Trinajstić information content (AvgIpc) is 2.46. The summed E-state index contributed by atoms with van der Waals surface area (Å²) in [5, 5.41) is 0. The monoisotopic (exact) mass is 222 g/mol. The van der Waals surface area contributed by atoms with E-state index in [9.17, 15) is 9.18 Å². The van der Waals surface area contributed by atoms with Crippen LogP contribution >= 0.6 is 0 Å². The summed E-state index contributed by atoms with van der Waals surface area (Å²) in [5.41, 5.74) is 7.24. The second-order valence-corrected chi connectivity index (χ2v) is 4.15. The van der Waals surface area contributed by atoms with Gasteiger partial charge >= 0.3 is 0 Å². The fourth-order valence-electron chi connectivity index (χ4n) is 2.08. The molecule has 2 rings (SSSR count). The van der Waals surface area contributed by atoms with Crippen LogP contribution in [0.25, 0.3) is 0 Å². The number of fused-ring (bicyclic) bond motifs is 1. The maximum atomic E-state index is 13.8. The van der Waals surface area contributed by atoms with Crippen molar-refractivity contribution in [3.8, 4) is 0 Å². The predicted octanol–water partition coefficient (Wildman–Crippen LogP) is 1.70. The molecule has 1 aliphatic rings. The van der Waals surface area contributed by atoms with Gasteiger partial charge in [0.1, 0.15) is 0 Å². The predicted molar refractivity (Wildman–Crippen MR) is 60.2 cm³/mol. The highest BCUT2D eigenvalue weighted by Crippen LogP contribution is 2.25. The summed E-state index contributed by atoms with van der Waals surface area (Å²) in [5.74, 6) is -0.389. The highest BCUT2D eigenvalue weighted by molar-refractivity contribution is 5.73. The first-order chi connectivity index (χ1) is 7.59. The Balaban J connectivity index is 2.41. The van der Waals surface area contributed by atoms with Crippen LogP contribution in [0.4, 0.5) is 10.1 Å². The fraction of sp³-hybridized carbons (Fsp3) is 0.417. The normalized spacial score (nSPS) is 15.5. The number of aryl methyl sites for hydroxylation is 1. The van der Waals surface area contributed by atoms with Gasteiger partial charge in [0.15, 0.2) is 5.82 Å². The zero-order valence-corrected chi connectivity index (χ0v) is 9.29. The van der Waals surface area contributed by atoms with Gasteiger partial charge in [0.2, 0.25) is 5.91 Å². The number of amides is 1. The van der Waals surface area contributed by atoms with Crippen LogP contribution in [0.5, 0.6) is 0 Å². The molecule has 0 fully saturated rings. The molecule has 3 nitrogen and oxygen atoms in total. The van der Waals surface area contributed by atoms with Crippen LogP contribution < -0.4 is 5.73 Å². The Bertz CT molecular complexity index is 431. The van der Waals surface area contributed by atoms with E-state index in [0.717, 1.165) is 18.4 Å². The number of nitrogens with two attached hydrogens (primary N) is 1. The molecule has 1 aromatic rings. The second-order valence-electron chi connectivity index (χ2n) is 4.15. The largest absolute Gasteiger partial charge is 0.396 e. The van der Waals surface area contributed by atoms with Crippen molar-refractivity contribution in [2.75, 3.05) is 12.3 Å². The van der Waals surface area contributed by atoms with E-state index in [1.165, 1.54) is 6.92 Å². The Morgan fingerprint density at radius 3 is 2.94 bits per heavy atom. The van der Waals surface area contributed by atoms with Crippen molar-refractivity contribution in [2.45, 2.75) is 26.3 Å². The fourth-order valence-corrected chi connectivity index (χ4v) is 2.08. The van der Waals surface area contributed by atoms with E-state index in [2.05, 4.69) is 0 Å². The number of halogens is 1. The molecule has 0 unspecified atom stereocenters. The van der Waals surface area contributed by atoms with Crippen molar-refractivity contribution >= 4 is 11.6 Å². The third-order valence-corrected chi connectivity index (χ3v) is 3.04. The summed E-state index contributed by atoms with van der Waals surface area (Å²) in [6, 6.07) is 3.45. The smallest absolute Gasteiger partial charge is 0.219 e. The third-order valence-electron chi connectivity index (χ3n) is 3.04. The Labute approximate surface area is 94.0 Å². The summed E-state index contributed by atoms with van der Waals surface area (Å²) < 4.78 is 13.8. The number of nitrogen functional groups attached to an aromatic ring is 1. The molecule has 0 aliphatic carbocycles.